The Balaban J connectivity index is 2.23. The third-order valence-corrected chi connectivity index (χ3v) is 3.05. The highest BCUT2D eigenvalue weighted by Gasteiger charge is 2.28. The van der Waals surface area contributed by atoms with Crippen molar-refractivity contribution < 1.29 is 4.74 Å². The van der Waals surface area contributed by atoms with E-state index in [0.717, 1.165) is 17.1 Å². The van der Waals surface area contributed by atoms with Crippen LogP contribution in [0.15, 0.2) is 24.3 Å². The molecule has 0 N–H and O–H groups in total. The van der Waals surface area contributed by atoms with Crippen LogP contribution in [0.25, 0.3) is 10.2 Å². The molecular formula is C9H7NOS. The first-order chi connectivity index (χ1) is 5.93. The van der Waals surface area contributed by atoms with Gasteiger partial charge in [-0.3, -0.25) is 0 Å². The number of ether oxygens (including phenoxy) is 1. The molecule has 1 atom stereocenters. The van der Waals surface area contributed by atoms with E-state index in [0.29, 0.717) is 6.10 Å². The lowest BCUT2D eigenvalue weighted by atomic mass is 10.3. The Morgan fingerprint density at radius 3 is 3.00 bits per heavy atom. The molecule has 0 aliphatic carbocycles. The van der Waals surface area contributed by atoms with Gasteiger partial charge in [0.1, 0.15) is 11.1 Å². The van der Waals surface area contributed by atoms with Gasteiger partial charge in [-0.05, 0) is 12.1 Å². The SMILES string of the molecule is c1ccc2sc([C@@H]3CO3)nc2c1. The summed E-state index contributed by atoms with van der Waals surface area (Å²) >= 11 is 1.73. The molecule has 2 heterocycles. The molecule has 0 amide bonds. The van der Waals surface area contributed by atoms with Crippen LogP contribution in [0.5, 0.6) is 0 Å². The molecular weight excluding hydrogens is 170 g/mol. The zero-order valence-electron chi connectivity index (χ0n) is 6.36. The number of hydrogen-bond donors (Lipinski definition) is 0. The maximum absolute atomic E-state index is 5.17. The lowest BCUT2D eigenvalue weighted by molar-refractivity contribution is 0.415. The lowest BCUT2D eigenvalue weighted by Gasteiger charge is -1.80. The Bertz CT molecular complexity index is 386. The first-order valence-electron chi connectivity index (χ1n) is 3.90. The predicted molar refractivity (Wildman–Crippen MR) is 48.3 cm³/mol. The molecule has 1 saturated heterocycles. The quantitative estimate of drug-likeness (QED) is 0.625. The Morgan fingerprint density at radius 1 is 1.42 bits per heavy atom. The van der Waals surface area contributed by atoms with Crippen molar-refractivity contribution in [3.8, 4) is 0 Å². The molecule has 0 radical (unpaired) electrons. The van der Waals surface area contributed by atoms with Crippen molar-refractivity contribution >= 4 is 21.6 Å². The second kappa shape index (κ2) is 2.28. The number of para-hydroxylation sites is 1. The number of benzene rings is 1. The first kappa shape index (κ1) is 6.57. The van der Waals surface area contributed by atoms with Gasteiger partial charge >= 0.3 is 0 Å². The summed E-state index contributed by atoms with van der Waals surface area (Å²) in [5, 5.41) is 1.12. The lowest BCUT2D eigenvalue weighted by Crippen LogP contribution is -1.74. The molecule has 60 valence electrons. The van der Waals surface area contributed by atoms with E-state index in [2.05, 4.69) is 11.1 Å². The number of nitrogens with zero attached hydrogens (tertiary/aromatic N) is 1. The van der Waals surface area contributed by atoms with Crippen LogP contribution in [0.3, 0.4) is 0 Å². The Labute approximate surface area is 73.8 Å². The van der Waals surface area contributed by atoms with E-state index in [9.17, 15) is 0 Å². The fourth-order valence-corrected chi connectivity index (χ4v) is 2.22. The molecule has 0 bridgehead atoms. The van der Waals surface area contributed by atoms with Gasteiger partial charge in [-0.1, -0.05) is 12.1 Å². The number of aromatic nitrogens is 1. The molecule has 2 nitrogen and oxygen atoms in total. The second-order valence-corrected chi connectivity index (χ2v) is 3.90. The first-order valence-corrected chi connectivity index (χ1v) is 4.72. The summed E-state index contributed by atoms with van der Waals surface area (Å²) in [5.41, 5.74) is 1.09. The molecule has 3 heteroatoms. The fourth-order valence-electron chi connectivity index (χ4n) is 1.22. The van der Waals surface area contributed by atoms with E-state index in [4.69, 9.17) is 4.74 Å². The molecule has 1 fully saturated rings. The average Bonchev–Trinajstić information content (AvgIpc) is 2.85. The molecule has 0 unspecified atom stereocenters. The van der Waals surface area contributed by atoms with E-state index < -0.39 is 0 Å². The summed E-state index contributed by atoms with van der Waals surface area (Å²) in [7, 11) is 0. The third-order valence-electron chi connectivity index (χ3n) is 1.92. The zero-order chi connectivity index (χ0) is 7.97. The molecule has 1 aromatic heterocycles. The van der Waals surface area contributed by atoms with Crippen molar-refractivity contribution in [2.45, 2.75) is 6.10 Å². The van der Waals surface area contributed by atoms with Crippen molar-refractivity contribution in [3.05, 3.63) is 29.3 Å². The van der Waals surface area contributed by atoms with Crippen molar-refractivity contribution in [2.24, 2.45) is 0 Å². The summed E-state index contributed by atoms with van der Waals surface area (Å²) in [6.07, 6.45) is 0.294. The highest BCUT2D eigenvalue weighted by Crippen LogP contribution is 2.35. The standard InChI is InChI=1S/C9H7NOS/c1-2-4-8-6(3-1)10-9(12-8)7-5-11-7/h1-4,7H,5H2/t7-/m0/s1. The number of thiazole rings is 1. The minimum Gasteiger partial charge on any atom is -0.365 e. The number of rotatable bonds is 1. The van der Waals surface area contributed by atoms with Gasteiger partial charge in [-0.25, -0.2) is 4.98 Å². The molecule has 1 aliphatic heterocycles. The largest absolute Gasteiger partial charge is 0.365 e. The maximum atomic E-state index is 5.17. The van der Waals surface area contributed by atoms with Crippen molar-refractivity contribution in [2.75, 3.05) is 6.61 Å². The molecule has 2 aromatic rings. The summed E-state index contributed by atoms with van der Waals surface area (Å²) < 4.78 is 6.42. The van der Waals surface area contributed by atoms with Gasteiger partial charge in [0.2, 0.25) is 0 Å². The minimum absolute atomic E-state index is 0.294. The maximum Gasteiger partial charge on any atom is 0.132 e. The van der Waals surface area contributed by atoms with Crippen LogP contribution >= 0.6 is 11.3 Å². The molecule has 3 rings (SSSR count). The minimum atomic E-state index is 0.294. The number of epoxide rings is 1. The highest BCUT2D eigenvalue weighted by atomic mass is 32.1. The molecule has 1 aromatic carbocycles. The molecule has 1 aliphatic rings. The smallest absolute Gasteiger partial charge is 0.132 e. The zero-order valence-corrected chi connectivity index (χ0v) is 7.17. The summed E-state index contributed by atoms with van der Waals surface area (Å²) in [4.78, 5) is 4.47. The second-order valence-electron chi connectivity index (χ2n) is 2.84. The van der Waals surface area contributed by atoms with Gasteiger partial charge in [0.15, 0.2) is 0 Å². The van der Waals surface area contributed by atoms with E-state index in [1.807, 2.05) is 18.2 Å². The average molecular weight is 177 g/mol. The van der Waals surface area contributed by atoms with E-state index in [1.165, 1.54) is 4.70 Å². The monoisotopic (exact) mass is 177 g/mol. The summed E-state index contributed by atoms with van der Waals surface area (Å²) in [5.74, 6) is 0. The Morgan fingerprint density at radius 2 is 2.25 bits per heavy atom. The van der Waals surface area contributed by atoms with Gasteiger partial charge in [0.05, 0.1) is 16.8 Å². The van der Waals surface area contributed by atoms with Crippen LogP contribution in [-0.4, -0.2) is 11.6 Å². The summed E-state index contributed by atoms with van der Waals surface area (Å²) in [6.45, 7) is 0.847. The van der Waals surface area contributed by atoms with E-state index >= 15 is 0 Å². The summed E-state index contributed by atoms with van der Waals surface area (Å²) in [6, 6.07) is 8.19. The van der Waals surface area contributed by atoms with Crippen LogP contribution in [0.2, 0.25) is 0 Å². The van der Waals surface area contributed by atoms with Crippen molar-refractivity contribution in [1.29, 1.82) is 0 Å². The van der Waals surface area contributed by atoms with Gasteiger partial charge < -0.3 is 4.74 Å². The third kappa shape index (κ3) is 0.940. The van der Waals surface area contributed by atoms with Crippen LogP contribution < -0.4 is 0 Å². The van der Waals surface area contributed by atoms with Gasteiger partial charge in [-0.15, -0.1) is 11.3 Å². The topological polar surface area (TPSA) is 25.4 Å². The van der Waals surface area contributed by atoms with Gasteiger partial charge in [0.25, 0.3) is 0 Å². The Kier molecular flexibility index (Phi) is 1.25. The molecule has 0 spiro atoms. The van der Waals surface area contributed by atoms with Crippen molar-refractivity contribution in [1.82, 2.24) is 4.98 Å². The van der Waals surface area contributed by atoms with Crippen LogP contribution in [0.1, 0.15) is 11.1 Å². The van der Waals surface area contributed by atoms with E-state index in [-0.39, 0.29) is 0 Å². The van der Waals surface area contributed by atoms with Crippen LogP contribution in [0, 0.1) is 0 Å². The van der Waals surface area contributed by atoms with Crippen LogP contribution in [-0.2, 0) is 4.74 Å². The molecule has 0 saturated carbocycles. The Hall–Kier alpha value is -0.930. The van der Waals surface area contributed by atoms with Crippen LogP contribution in [0.4, 0.5) is 0 Å². The van der Waals surface area contributed by atoms with Gasteiger partial charge in [-0.2, -0.15) is 0 Å². The van der Waals surface area contributed by atoms with Crippen molar-refractivity contribution in [3.63, 3.8) is 0 Å². The highest BCUT2D eigenvalue weighted by molar-refractivity contribution is 7.18. The number of hydrogen-bond acceptors (Lipinski definition) is 3. The van der Waals surface area contributed by atoms with E-state index in [1.54, 1.807) is 11.3 Å². The molecule has 12 heavy (non-hydrogen) atoms. The normalized spacial score (nSPS) is 21.5. The fraction of sp³-hybridized carbons (Fsp3) is 0.222. The predicted octanol–water partition coefficient (Wildman–Crippen LogP) is 2.37. The van der Waals surface area contributed by atoms with Gasteiger partial charge in [0, 0.05) is 0 Å². The number of fused-ring (bicyclic) bond motifs is 1.